The van der Waals surface area contributed by atoms with Crippen LogP contribution in [0, 0.1) is 11.7 Å². The lowest BCUT2D eigenvalue weighted by Crippen LogP contribution is -2.86. The summed E-state index contributed by atoms with van der Waals surface area (Å²) in [5, 5.41) is 5.02. The van der Waals surface area contributed by atoms with E-state index in [1.807, 2.05) is 30.3 Å². The summed E-state index contributed by atoms with van der Waals surface area (Å²) in [5.74, 6) is 0.0915. The highest BCUT2D eigenvalue weighted by Crippen LogP contribution is 2.28. The number of hydrogen-bond acceptors (Lipinski definition) is 2. The van der Waals surface area contributed by atoms with Crippen molar-refractivity contribution in [2.45, 2.75) is 12.8 Å². The zero-order chi connectivity index (χ0) is 16.8. The Morgan fingerprint density at radius 1 is 1.17 bits per heavy atom. The third-order valence-electron chi connectivity index (χ3n) is 4.31. The van der Waals surface area contributed by atoms with Crippen LogP contribution in [0.1, 0.15) is 12.8 Å². The fraction of sp³-hybridized carbons (Fsp3) is 0.316. The number of quaternary nitrogens is 1. The van der Waals surface area contributed by atoms with Crippen LogP contribution in [-0.2, 0) is 4.74 Å². The van der Waals surface area contributed by atoms with Gasteiger partial charge in [0.1, 0.15) is 5.82 Å². The summed E-state index contributed by atoms with van der Waals surface area (Å²) in [7, 11) is 0. The van der Waals surface area contributed by atoms with E-state index in [1.54, 1.807) is 6.07 Å². The van der Waals surface area contributed by atoms with Crippen LogP contribution in [0.2, 0.25) is 0 Å². The van der Waals surface area contributed by atoms with Crippen LogP contribution in [0.3, 0.4) is 0 Å². The predicted molar refractivity (Wildman–Crippen MR) is 91.2 cm³/mol. The van der Waals surface area contributed by atoms with Gasteiger partial charge in [-0.1, -0.05) is 30.3 Å². The van der Waals surface area contributed by atoms with E-state index in [4.69, 9.17) is 4.74 Å². The zero-order valence-corrected chi connectivity index (χ0v) is 13.5. The maximum Gasteiger partial charge on any atom is 0.411 e. The van der Waals surface area contributed by atoms with E-state index in [-0.39, 0.29) is 5.82 Å². The smallest absolute Gasteiger partial charge is 0.411 e. The van der Waals surface area contributed by atoms with E-state index in [0.717, 1.165) is 31.5 Å². The topological polar surface area (TPSA) is 54.9 Å². The number of benzene rings is 2. The van der Waals surface area contributed by atoms with Gasteiger partial charge in [-0.05, 0) is 23.8 Å². The van der Waals surface area contributed by atoms with Crippen LogP contribution >= 0.6 is 0 Å². The molecule has 2 aromatic rings. The molecule has 0 unspecified atom stereocenters. The van der Waals surface area contributed by atoms with Crippen LogP contribution in [0.5, 0.6) is 0 Å². The zero-order valence-electron chi connectivity index (χ0n) is 13.5. The van der Waals surface area contributed by atoms with Crippen molar-refractivity contribution < 1.29 is 19.2 Å². The minimum Gasteiger partial charge on any atom is -0.449 e. The molecule has 3 rings (SSSR count). The van der Waals surface area contributed by atoms with E-state index < -0.39 is 6.09 Å². The number of amides is 1. The lowest BCUT2D eigenvalue weighted by Gasteiger charge is -2.20. The molecule has 1 aliphatic heterocycles. The first-order chi connectivity index (χ1) is 11.7. The van der Waals surface area contributed by atoms with E-state index in [0.29, 0.717) is 23.8 Å². The van der Waals surface area contributed by atoms with Crippen LogP contribution in [0.25, 0.3) is 11.1 Å². The van der Waals surface area contributed by atoms with Gasteiger partial charge in [-0.25, -0.2) is 9.18 Å². The largest absolute Gasteiger partial charge is 0.449 e. The number of ether oxygens (including phenoxy) is 1. The summed E-state index contributed by atoms with van der Waals surface area (Å²) in [6.07, 6.45) is 1.64. The number of nitrogens with one attached hydrogen (secondary N) is 1. The standard InChI is InChI=1S/C19H21FN2O2/c20-16-6-7-18(17(12-16)15-4-2-1-3-5-15)22-19(23)24-13-14-8-10-21-11-9-14/h1-7,12,14,21H,8-11,13H2,(H,22,23)/p+1. The Labute approximate surface area is 141 Å². The molecule has 0 spiro atoms. The highest BCUT2D eigenvalue weighted by Gasteiger charge is 2.18. The summed E-state index contributed by atoms with van der Waals surface area (Å²) in [6.45, 7) is 2.61. The molecule has 0 bridgehead atoms. The number of halogens is 1. The lowest BCUT2D eigenvalue weighted by atomic mass is 9.99. The molecule has 4 nitrogen and oxygen atoms in total. The highest BCUT2D eigenvalue weighted by atomic mass is 19.1. The minimum atomic E-state index is -0.492. The summed E-state index contributed by atoms with van der Waals surface area (Å²) >= 11 is 0. The van der Waals surface area contributed by atoms with Gasteiger partial charge >= 0.3 is 6.09 Å². The highest BCUT2D eigenvalue weighted by molar-refractivity contribution is 5.91. The van der Waals surface area contributed by atoms with Gasteiger partial charge in [-0.15, -0.1) is 0 Å². The molecule has 1 aliphatic rings. The van der Waals surface area contributed by atoms with Gasteiger partial charge in [0.2, 0.25) is 0 Å². The number of rotatable bonds is 4. The van der Waals surface area contributed by atoms with Gasteiger partial charge < -0.3 is 10.1 Å². The van der Waals surface area contributed by atoms with E-state index in [1.165, 1.54) is 12.1 Å². The van der Waals surface area contributed by atoms with Gasteiger partial charge in [0.05, 0.1) is 25.4 Å². The van der Waals surface area contributed by atoms with Crippen LogP contribution in [-0.4, -0.2) is 25.8 Å². The summed E-state index contributed by atoms with van der Waals surface area (Å²) < 4.78 is 19.0. The van der Waals surface area contributed by atoms with Crippen molar-refractivity contribution in [1.82, 2.24) is 0 Å². The Balaban J connectivity index is 1.67. The molecule has 24 heavy (non-hydrogen) atoms. The predicted octanol–water partition coefficient (Wildman–Crippen LogP) is 3.01. The lowest BCUT2D eigenvalue weighted by molar-refractivity contribution is -0.665. The summed E-state index contributed by atoms with van der Waals surface area (Å²) in [6, 6.07) is 13.7. The molecular formula is C19H22FN2O2+. The maximum atomic E-state index is 13.6. The molecule has 0 atom stereocenters. The van der Waals surface area contributed by atoms with Crippen LogP contribution < -0.4 is 10.6 Å². The molecule has 3 N–H and O–H groups in total. The number of anilines is 1. The van der Waals surface area contributed by atoms with Crippen LogP contribution in [0.15, 0.2) is 48.5 Å². The third kappa shape index (κ3) is 4.32. The SMILES string of the molecule is O=C(Nc1ccc(F)cc1-c1ccccc1)OCC1CC[NH2+]CC1. The second-order valence-corrected chi connectivity index (χ2v) is 6.09. The van der Waals surface area contributed by atoms with Crippen molar-refractivity contribution in [2.24, 2.45) is 5.92 Å². The Hall–Kier alpha value is -2.40. The number of carbonyl (C=O) groups is 1. The molecule has 126 valence electrons. The van der Waals surface area contributed by atoms with Crippen LogP contribution in [0.4, 0.5) is 14.9 Å². The van der Waals surface area contributed by atoms with Gasteiger partial charge in [0.25, 0.3) is 0 Å². The molecule has 0 aromatic heterocycles. The Bertz CT molecular complexity index is 685. The van der Waals surface area contributed by atoms with Gasteiger partial charge in [-0.2, -0.15) is 0 Å². The van der Waals surface area contributed by atoms with E-state index in [2.05, 4.69) is 10.6 Å². The van der Waals surface area contributed by atoms with E-state index in [9.17, 15) is 9.18 Å². The monoisotopic (exact) mass is 329 g/mol. The van der Waals surface area contributed by atoms with Crippen molar-refractivity contribution in [3.63, 3.8) is 0 Å². The van der Waals surface area contributed by atoms with Crippen molar-refractivity contribution in [2.75, 3.05) is 25.0 Å². The molecule has 5 heteroatoms. The summed E-state index contributed by atoms with van der Waals surface area (Å²) in [5.41, 5.74) is 2.03. The first-order valence-corrected chi connectivity index (χ1v) is 8.33. The van der Waals surface area contributed by atoms with Gasteiger partial charge in [0, 0.05) is 24.3 Å². The molecule has 0 saturated carbocycles. The molecule has 2 aromatic carbocycles. The first kappa shape index (κ1) is 16.5. The molecule has 0 aliphatic carbocycles. The normalized spacial score (nSPS) is 15.0. The van der Waals surface area contributed by atoms with Gasteiger partial charge in [-0.3, -0.25) is 5.32 Å². The van der Waals surface area contributed by atoms with E-state index >= 15 is 0 Å². The summed E-state index contributed by atoms with van der Waals surface area (Å²) in [4.78, 5) is 12.1. The number of nitrogens with two attached hydrogens (primary N) is 1. The molecule has 1 saturated heterocycles. The Morgan fingerprint density at radius 3 is 2.67 bits per heavy atom. The second-order valence-electron chi connectivity index (χ2n) is 6.09. The fourth-order valence-electron chi connectivity index (χ4n) is 2.98. The maximum absolute atomic E-state index is 13.6. The van der Waals surface area contributed by atoms with Crippen molar-refractivity contribution >= 4 is 11.8 Å². The van der Waals surface area contributed by atoms with Crippen molar-refractivity contribution in [3.05, 3.63) is 54.3 Å². The number of piperidine rings is 1. The fourth-order valence-corrected chi connectivity index (χ4v) is 2.98. The molecular weight excluding hydrogens is 307 g/mol. The Kier molecular flexibility index (Phi) is 5.43. The van der Waals surface area contributed by atoms with Gasteiger partial charge in [0.15, 0.2) is 0 Å². The number of hydrogen-bond donors (Lipinski definition) is 2. The third-order valence-corrected chi connectivity index (χ3v) is 4.31. The van der Waals surface area contributed by atoms with Crippen molar-refractivity contribution in [3.8, 4) is 11.1 Å². The molecule has 0 radical (unpaired) electrons. The molecule has 1 fully saturated rings. The average molecular weight is 329 g/mol. The second kappa shape index (κ2) is 7.93. The quantitative estimate of drug-likeness (QED) is 0.906. The molecule has 1 heterocycles. The molecule has 1 amide bonds. The Morgan fingerprint density at radius 2 is 1.92 bits per heavy atom. The number of carbonyl (C=O) groups excluding carboxylic acids is 1. The minimum absolute atomic E-state index is 0.341. The van der Waals surface area contributed by atoms with Crippen molar-refractivity contribution in [1.29, 1.82) is 0 Å². The first-order valence-electron chi connectivity index (χ1n) is 8.33. The average Bonchev–Trinajstić information content (AvgIpc) is 2.63.